The molecule has 84 valence electrons. The van der Waals surface area contributed by atoms with Crippen molar-refractivity contribution in [2.45, 2.75) is 60.8 Å². The zero-order valence-electron chi connectivity index (χ0n) is 11.9. The molecule has 0 N–H and O–H groups in total. The summed E-state index contributed by atoms with van der Waals surface area (Å²) < 4.78 is 8.60. The standard InChI is InChI=1S/C14H28/c1-10(2)13-7-8-14(6,11(3)4)9-12(13)5/h10-13H,7-9H2,1-6H3/i13D. The highest BCUT2D eigenvalue weighted by Crippen LogP contribution is 2.48. The van der Waals surface area contributed by atoms with Crippen molar-refractivity contribution in [1.29, 1.82) is 0 Å². The van der Waals surface area contributed by atoms with E-state index in [1.54, 1.807) is 0 Å². The summed E-state index contributed by atoms with van der Waals surface area (Å²) in [5, 5.41) is 0. The zero-order valence-corrected chi connectivity index (χ0v) is 10.9. The Morgan fingerprint density at radius 3 is 2.21 bits per heavy atom. The lowest BCUT2D eigenvalue weighted by Gasteiger charge is -2.45. The van der Waals surface area contributed by atoms with Crippen LogP contribution in [0.15, 0.2) is 0 Å². The quantitative estimate of drug-likeness (QED) is 0.600. The van der Waals surface area contributed by atoms with E-state index in [0.717, 1.165) is 12.3 Å². The predicted molar refractivity (Wildman–Crippen MR) is 64.3 cm³/mol. The van der Waals surface area contributed by atoms with Gasteiger partial charge in [-0.25, -0.2) is 0 Å². The molecule has 0 amide bonds. The minimum atomic E-state index is -0.172. The second kappa shape index (κ2) is 4.24. The van der Waals surface area contributed by atoms with Gasteiger partial charge >= 0.3 is 0 Å². The van der Waals surface area contributed by atoms with E-state index in [1.165, 1.54) is 12.8 Å². The molecule has 14 heavy (non-hydrogen) atoms. The van der Waals surface area contributed by atoms with Gasteiger partial charge in [-0.3, -0.25) is 0 Å². The van der Waals surface area contributed by atoms with Crippen LogP contribution in [0, 0.1) is 29.1 Å². The summed E-state index contributed by atoms with van der Waals surface area (Å²) in [6.45, 7) is 13.8. The number of hydrogen-bond donors (Lipinski definition) is 0. The summed E-state index contributed by atoms with van der Waals surface area (Å²) in [6.07, 6.45) is 3.55. The molecule has 0 aromatic rings. The lowest BCUT2D eigenvalue weighted by molar-refractivity contribution is 0.0500. The normalized spacial score (nSPS) is 45.7. The maximum atomic E-state index is 8.60. The first kappa shape index (κ1) is 10.5. The molecule has 0 heteroatoms. The van der Waals surface area contributed by atoms with Gasteiger partial charge in [0.05, 0.1) is 0 Å². The molecule has 0 saturated heterocycles. The molecule has 0 aromatic carbocycles. The molecule has 0 aliphatic heterocycles. The SMILES string of the molecule is [2H]C1(C(C)C)CCC(C)(C(C)C)CC1C. The second-order valence-corrected chi connectivity index (χ2v) is 6.14. The summed E-state index contributed by atoms with van der Waals surface area (Å²) in [7, 11) is 0. The maximum absolute atomic E-state index is 8.60. The average Bonchev–Trinajstić information content (AvgIpc) is 2.11. The van der Waals surface area contributed by atoms with Crippen LogP contribution in [0.5, 0.6) is 0 Å². The highest BCUT2D eigenvalue weighted by Gasteiger charge is 2.38. The predicted octanol–water partition coefficient (Wildman–Crippen LogP) is 4.74. The first-order valence-electron chi connectivity index (χ1n) is 6.72. The van der Waals surface area contributed by atoms with E-state index in [4.69, 9.17) is 1.37 Å². The topological polar surface area (TPSA) is 0 Å². The Morgan fingerprint density at radius 1 is 1.29 bits per heavy atom. The van der Waals surface area contributed by atoms with E-state index >= 15 is 0 Å². The van der Waals surface area contributed by atoms with E-state index < -0.39 is 0 Å². The fourth-order valence-electron chi connectivity index (χ4n) is 2.99. The van der Waals surface area contributed by atoms with Crippen molar-refractivity contribution in [3.05, 3.63) is 0 Å². The highest BCUT2D eigenvalue weighted by molar-refractivity contribution is 4.88. The van der Waals surface area contributed by atoms with Gasteiger partial charge in [0.25, 0.3) is 0 Å². The summed E-state index contributed by atoms with van der Waals surface area (Å²) >= 11 is 0. The van der Waals surface area contributed by atoms with Gasteiger partial charge in [-0.15, -0.1) is 0 Å². The van der Waals surface area contributed by atoms with Gasteiger partial charge in [-0.05, 0) is 48.3 Å². The van der Waals surface area contributed by atoms with Crippen molar-refractivity contribution in [3.8, 4) is 0 Å². The molecule has 0 spiro atoms. The van der Waals surface area contributed by atoms with Crippen molar-refractivity contribution in [2.24, 2.45) is 29.1 Å². The Morgan fingerprint density at radius 2 is 1.86 bits per heavy atom. The van der Waals surface area contributed by atoms with Crippen LogP contribution >= 0.6 is 0 Å². The van der Waals surface area contributed by atoms with Crippen LogP contribution in [-0.2, 0) is 0 Å². The minimum absolute atomic E-state index is 0.172. The third-order valence-electron chi connectivity index (χ3n) is 4.53. The van der Waals surface area contributed by atoms with E-state index in [1.807, 2.05) is 0 Å². The Balaban J connectivity index is 2.79. The molecule has 1 saturated carbocycles. The maximum Gasteiger partial charge on any atom is 0.0308 e. The summed E-state index contributed by atoms with van der Waals surface area (Å²) in [6, 6.07) is 0. The van der Waals surface area contributed by atoms with Gasteiger partial charge in [-0.2, -0.15) is 0 Å². The monoisotopic (exact) mass is 197 g/mol. The highest BCUT2D eigenvalue weighted by atomic mass is 14.4. The molecular weight excluding hydrogens is 168 g/mol. The third-order valence-corrected chi connectivity index (χ3v) is 4.53. The van der Waals surface area contributed by atoms with Gasteiger partial charge in [0.2, 0.25) is 0 Å². The first-order valence-corrected chi connectivity index (χ1v) is 6.22. The second-order valence-electron chi connectivity index (χ2n) is 6.14. The number of hydrogen-bond acceptors (Lipinski definition) is 0. The van der Waals surface area contributed by atoms with Crippen LogP contribution < -0.4 is 0 Å². The van der Waals surface area contributed by atoms with Gasteiger partial charge in [-0.1, -0.05) is 41.5 Å². The van der Waals surface area contributed by atoms with Crippen LogP contribution in [0.3, 0.4) is 0 Å². The van der Waals surface area contributed by atoms with Gasteiger partial charge in [0.15, 0.2) is 0 Å². The van der Waals surface area contributed by atoms with Crippen LogP contribution in [0.1, 0.15) is 62.2 Å². The van der Waals surface area contributed by atoms with Crippen molar-refractivity contribution < 1.29 is 1.37 Å². The third kappa shape index (κ3) is 2.32. The van der Waals surface area contributed by atoms with Gasteiger partial charge in [0, 0.05) is 1.37 Å². The Hall–Kier alpha value is 0. The van der Waals surface area contributed by atoms with Gasteiger partial charge < -0.3 is 0 Å². The molecule has 0 bridgehead atoms. The van der Waals surface area contributed by atoms with Gasteiger partial charge in [0.1, 0.15) is 0 Å². The van der Waals surface area contributed by atoms with E-state index in [0.29, 0.717) is 17.3 Å². The largest absolute Gasteiger partial charge is 0.0625 e. The minimum Gasteiger partial charge on any atom is -0.0625 e. The molecule has 1 rings (SSSR count). The lowest BCUT2D eigenvalue weighted by Crippen LogP contribution is -2.36. The molecule has 0 aromatic heterocycles. The average molecular weight is 197 g/mol. The van der Waals surface area contributed by atoms with E-state index in [2.05, 4.69) is 41.5 Å². The summed E-state index contributed by atoms with van der Waals surface area (Å²) in [5.41, 5.74) is 0.471. The van der Waals surface area contributed by atoms with Crippen molar-refractivity contribution in [3.63, 3.8) is 0 Å². The molecule has 3 atom stereocenters. The molecule has 1 aliphatic rings. The number of rotatable bonds is 2. The molecule has 1 fully saturated rings. The zero-order chi connectivity index (χ0) is 11.9. The first-order chi connectivity index (χ1) is 6.72. The molecule has 0 radical (unpaired) electrons. The molecule has 3 unspecified atom stereocenters. The molecule has 0 nitrogen and oxygen atoms in total. The van der Waals surface area contributed by atoms with E-state index in [-0.39, 0.29) is 5.89 Å². The summed E-state index contributed by atoms with van der Waals surface area (Å²) in [5.74, 6) is 1.61. The van der Waals surface area contributed by atoms with Crippen LogP contribution in [0.25, 0.3) is 0 Å². The fourth-order valence-corrected chi connectivity index (χ4v) is 2.99. The van der Waals surface area contributed by atoms with Crippen LogP contribution in [0.2, 0.25) is 0 Å². The molecule has 1 aliphatic carbocycles. The molecule has 0 heterocycles. The Kier molecular flexibility index (Phi) is 3.19. The van der Waals surface area contributed by atoms with Crippen molar-refractivity contribution >= 4 is 0 Å². The van der Waals surface area contributed by atoms with Crippen molar-refractivity contribution in [1.82, 2.24) is 0 Å². The van der Waals surface area contributed by atoms with Crippen molar-refractivity contribution in [2.75, 3.05) is 0 Å². The fraction of sp³-hybridized carbons (Fsp3) is 1.00. The van der Waals surface area contributed by atoms with E-state index in [9.17, 15) is 0 Å². The van der Waals surface area contributed by atoms with Crippen LogP contribution in [-0.4, -0.2) is 0 Å². The molecular formula is C14H28. The Bertz CT molecular complexity index is 221. The summed E-state index contributed by atoms with van der Waals surface area (Å²) in [4.78, 5) is 0. The van der Waals surface area contributed by atoms with Crippen LogP contribution in [0.4, 0.5) is 0 Å². The smallest absolute Gasteiger partial charge is 0.0308 e. The lowest BCUT2D eigenvalue weighted by atomic mass is 9.60. The Labute approximate surface area is 91.9 Å².